The molecule has 0 spiro atoms. The standard InChI is InChI=1S/C8H11ClN4S/c9-7-6(10)8(12-5-11-7)13-1-3-14-4-2-13/h5H,1-4,10H2. The molecule has 76 valence electrons. The number of hydrogen-bond donors (Lipinski definition) is 1. The van der Waals surface area contributed by atoms with Crippen LogP contribution in [-0.2, 0) is 0 Å². The minimum absolute atomic E-state index is 0.341. The van der Waals surface area contributed by atoms with Gasteiger partial charge in [0.05, 0.1) is 0 Å². The molecule has 1 aliphatic heterocycles. The first-order valence-electron chi connectivity index (χ1n) is 4.37. The van der Waals surface area contributed by atoms with Gasteiger partial charge in [-0.3, -0.25) is 0 Å². The van der Waals surface area contributed by atoms with E-state index in [1.807, 2.05) is 11.8 Å². The van der Waals surface area contributed by atoms with Crippen molar-refractivity contribution in [1.82, 2.24) is 9.97 Å². The van der Waals surface area contributed by atoms with Crippen molar-refractivity contribution in [2.45, 2.75) is 0 Å². The van der Waals surface area contributed by atoms with Crippen molar-refractivity contribution < 1.29 is 0 Å². The summed E-state index contributed by atoms with van der Waals surface area (Å²) in [7, 11) is 0. The smallest absolute Gasteiger partial charge is 0.157 e. The van der Waals surface area contributed by atoms with Crippen LogP contribution in [0.15, 0.2) is 6.33 Å². The highest BCUT2D eigenvalue weighted by Crippen LogP contribution is 2.27. The Morgan fingerprint density at radius 2 is 2.07 bits per heavy atom. The van der Waals surface area contributed by atoms with Gasteiger partial charge in [0.15, 0.2) is 11.0 Å². The van der Waals surface area contributed by atoms with E-state index in [0.29, 0.717) is 10.8 Å². The van der Waals surface area contributed by atoms with Gasteiger partial charge in [-0.05, 0) is 0 Å². The van der Waals surface area contributed by atoms with Gasteiger partial charge in [-0.25, -0.2) is 9.97 Å². The number of halogens is 1. The van der Waals surface area contributed by atoms with E-state index in [0.717, 1.165) is 30.4 Å². The summed E-state index contributed by atoms with van der Waals surface area (Å²) >= 11 is 7.77. The van der Waals surface area contributed by atoms with Crippen LogP contribution in [0, 0.1) is 0 Å². The van der Waals surface area contributed by atoms with E-state index in [9.17, 15) is 0 Å². The van der Waals surface area contributed by atoms with Gasteiger partial charge in [0.2, 0.25) is 0 Å². The second kappa shape index (κ2) is 4.23. The summed E-state index contributed by atoms with van der Waals surface area (Å²) in [6.07, 6.45) is 1.45. The maximum atomic E-state index is 5.83. The van der Waals surface area contributed by atoms with Crippen LogP contribution in [0.2, 0.25) is 5.15 Å². The molecule has 1 saturated heterocycles. The Kier molecular flexibility index (Phi) is 2.98. The number of nitrogens with two attached hydrogens (primary N) is 1. The van der Waals surface area contributed by atoms with Crippen LogP contribution >= 0.6 is 23.4 Å². The highest BCUT2D eigenvalue weighted by molar-refractivity contribution is 7.99. The fourth-order valence-corrected chi connectivity index (χ4v) is 2.42. The van der Waals surface area contributed by atoms with Gasteiger partial charge in [-0.2, -0.15) is 11.8 Å². The van der Waals surface area contributed by atoms with Gasteiger partial charge in [0, 0.05) is 24.6 Å². The molecule has 1 aliphatic rings. The Hall–Kier alpha value is -0.680. The van der Waals surface area contributed by atoms with Crippen LogP contribution in [0.25, 0.3) is 0 Å². The molecule has 2 N–H and O–H groups in total. The Labute approximate surface area is 91.9 Å². The lowest BCUT2D eigenvalue weighted by molar-refractivity contribution is 0.837. The summed E-state index contributed by atoms with van der Waals surface area (Å²) in [5, 5.41) is 0.341. The first-order chi connectivity index (χ1) is 6.79. The molecule has 0 unspecified atom stereocenters. The molecule has 0 bridgehead atoms. The predicted octanol–water partition coefficient (Wildman–Crippen LogP) is 1.27. The lowest BCUT2D eigenvalue weighted by Gasteiger charge is -2.28. The number of thioether (sulfide) groups is 1. The van der Waals surface area contributed by atoms with E-state index < -0.39 is 0 Å². The SMILES string of the molecule is Nc1c(Cl)ncnc1N1CCSCC1. The summed E-state index contributed by atoms with van der Waals surface area (Å²) in [4.78, 5) is 10.1. The van der Waals surface area contributed by atoms with E-state index in [1.54, 1.807) is 0 Å². The quantitative estimate of drug-likeness (QED) is 0.737. The van der Waals surface area contributed by atoms with E-state index in [2.05, 4.69) is 14.9 Å². The molecule has 1 aromatic heterocycles. The van der Waals surface area contributed by atoms with Gasteiger partial charge in [-0.15, -0.1) is 0 Å². The zero-order valence-corrected chi connectivity index (χ0v) is 9.18. The molecule has 0 aromatic carbocycles. The third-order valence-electron chi connectivity index (χ3n) is 2.12. The summed E-state index contributed by atoms with van der Waals surface area (Å²) in [6.45, 7) is 1.95. The molecule has 1 fully saturated rings. The molecule has 0 saturated carbocycles. The monoisotopic (exact) mass is 230 g/mol. The van der Waals surface area contributed by atoms with Crippen molar-refractivity contribution in [2.24, 2.45) is 0 Å². The zero-order chi connectivity index (χ0) is 9.97. The summed E-state index contributed by atoms with van der Waals surface area (Å²) in [6, 6.07) is 0. The minimum Gasteiger partial charge on any atom is -0.393 e. The minimum atomic E-state index is 0.341. The van der Waals surface area contributed by atoms with Crippen molar-refractivity contribution in [1.29, 1.82) is 0 Å². The molecule has 0 atom stereocenters. The fraction of sp³-hybridized carbons (Fsp3) is 0.500. The predicted molar refractivity (Wildman–Crippen MR) is 61.0 cm³/mol. The maximum Gasteiger partial charge on any atom is 0.157 e. The average molecular weight is 231 g/mol. The highest BCUT2D eigenvalue weighted by Gasteiger charge is 2.16. The third-order valence-corrected chi connectivity index (χ3v) is 3.37. The molecule has 14 heavy (non-hydrogen) atoms. The van der Waals surface area contributed by atoms with Crippen molar-refractivity contribution in [3.63, 3.8) is 0 Å². The Balaban J connectivity index is 2.26. The molecular weight excluding hydrogens is 220 g/mol. The number of anilines is 2. The second-order valence-electron chi connectivity index (χ2n) is 3.00. The van der Waals surface area contributed by atoms with Crippen LogP contribution in [-0.4, -0.2) is 34.6 Å². The summed E-state index contributed by atoms with van der Waals surface area (Å²) < 4.78 is 0. The van der Waals surface area contributed by atoms with Crippen LogP contribution in [0.1, 0.15) is 0 Å². The Morgan fingerprint density at radius 3 is 2.79 bits per heavy atom. The van der Waals surface area contributed by atoms with Crippen LogP contribution in [0.5, 0.6) is 0 Å². The fourth-order valence-electron chi connectivity index (χ4n) is 1.39. The average Bonchev–Trinajstić information content (AvgIpc) is 2.23. The molecule has 0 aliphatic carbocycles. The largest absolute Gasteiger partial charge is 0.393 e. The van der Waals surface area contributed by atoms with Crippen LogP contribution < -0.4 is 10.6 Å². The molecule has 2 rings (SSSR count). The number of nitrogen functional groups attached to an aromatic ring is 1. The molecule has 4 nitrogen and oxygen atoms in total. The first-order valence-corrected chi connectivity index (χ1v) is 5.91. The van der Waals surface area contributed by atoms with Gasteiger partial charge in [0.25, 0.3) is 0 Å². The van der Waals surface area contributed by atoms with Gasteiger partial charge in [0.1, 0.15) is 12.0 Å². The second-order valence-corrected chi connectivity index (χ2v) is 4.58. The van der Waals surface area contributed by atoms with Gasteiger partial charge in [-0.1, -0.05) is 11.6 Å². The van der Waals surface area contributed by atoms with Crippen molar-refractivity contribution >= 4 is 34.9 Å². The summed E-state index contributed by atoms with van der Waals surface area (Å²) in [5.41, 5.74) is 6.30. The van der Waals surface area contributed by atoms with E-state index >= 15 is 0 Å². The van der Waals surface area contributed by atoms with Crippen molar-refractivity contribution in [3.8, 4) is 0 Å². The lowest BCUT2D eigenvalue weighted by Crippen LogP contribution is -2.33. The topological polar surface area (TPSA) is 55.0 Å². The number of rotatable bonds is 1. The molecule has 6 heteroatoms. The zero-order valence-electron chi connectivity index (χ0n) is 7.61. The molecule has 0 amide bonds. The van der Waals surface area contributed by atoms with Crippen LogP contribution in [0.4, 0.5) is 11.5 Å². The first kappa shape index (κ1) is 9.86. The highest BCUT2D eigenvalue weighted by atomic mass is 35.5. The third kappa shape index (κ3) is 1.88. The van der Waals surface area contributed by atoms with E-state index in [1.165, 1.54) is 6.33 Å². The normalized spacial score (nSPS) is 17.1. The van der Waals surface area contributed by atoms with Gasteiger partial charge < -0.3 is 10.6 Å². The Bertz CT molecular complexity index is 327. The van der Waals surface area contributed by atoms with Crippen molar-refractivity contribution in [3.05, 3.63) is 11.5 Å². The van der Waals surface area contributed by atoms with Crippen LogP contribution in [0.3, 0.4) is 0 Å². The molecule has 2 heterocycles. The number of aromatic nitrogens is 2. The lowest BCUT2D eigenvalue weighted by atomic mass is 10.4. The molecule has 0 radical (unpaired) electrons. The number of nitrogens with zero attached hydrogens (tertiary/aromatic N) is 3. The van der Waals surface area contributed by atoms with Crippen molar-refractivity contribution in [2.75, 3.05) is 35.2 Å². The molecular formula is C8H11ClN4S. The summed E-state index contributed by atoms with van der Waals surface area (Å²) in [5.74, 6) is 2.99. The van der Waals surface area contributed by atoms with Gasteiger partial charge >= 0.3 is 0 Å². The maximum absolute atomic E-state index is 5.83. The Morgan fingerprint density at radius 1 is 1.36 bits per heavy atom. The molecule has 1 aromatic rings. The van der Waals surface area contributed by atoms with E-state index in [4.69, 9.17) is 17.3 Å². The number of hydrogen-bond acceptors (Lipinski definition) is 5. The van der Waals surface area contributed by atoms with E-state index in [-0.39, 0.29) is 0 Å².